The van der Waals surface area contributed by atoms with E-state index < -0.39 is 4.92 Å². The van der Waals surface area contributed by atoms with Crippen LogP contribution in [0.4, 0.5) is 11.5 Å². The second-order valence-electron chi connectivity index (χ2n) is 3.65. The van der Waals surface area contributed by atoms with Gasteiger partial charge in [-0.3, -0.25) is 15.2 Å². The van der Waals surface area contributed by atoms with Crippen molar-refractivity contribution in [1.29, 1.82) is 0 Å². The van der Waals surface area contributed by atoms with Gasteiger partial charge in [0.05, 0.1) is 15.6 Å². The van der Waals surface area contributed by atoms with Gasteiger partial charge in [-0.15, -0.1) is 0 Å². The second-order valence-corrected chi connectivity index (χ2v) is 4.51. The van der Waals surface area contributed by atoms with Crippen molar-refractivity contribution in [3.05, 3.63) is 44.3 Å². The number of hydrogen-bond donors (Lipinski definition) is 2. The molecule has 0 atom stereocenters. The molecule has 0 saturated heterocycles. The lowest BCUT2D eigenvalue weighted by Gasteiger charge is -2.06. The van der Waals surface area contributed by atoms with E-state index >= 15 is 0 Å². The minimum atomic E-state index is -0.484. The Labute approximate surface area is 111 Å². The molecule has 2 N–H and O–H groups in total. The van der Waals surface area contributed by atoms with Crippen LogP contribution in [0, 0.1) is 17.0 Å². The molecule has 18 heavy (non-hydrogen) atoms. The number of anilines is 1. The van der Waals surface area contributed by atoms with Gasteiger partial charge in [-0.1, -0.05) is 0 Å². The van der Waals surface area contributed by atoms with Crippen LogP contribution < -0.4 is 5.32 Å². The maximum atomic E-state index is 10.6. The number of halogens is 1. The van der Waals surface area contributed by atoms with Crippen molar-refractivity contribution in [2.45, 2.75) is 13.5 Å². The van der Waals surface area contributed by atoms with E-state index in [0.717, 1.165) is 11.3 Å². The third-order valence-corrected chi connectivity index (χ3v) is 3.02. The number of aryl methyl sites for hydroxylation is 1. The molecule has 0 radical (unpaired) electrons. The summed E-state index contributed by atoms with van der Waals surface area (Å²) in [6.07, 6.45) is 2.94. The number of aromatic nitrogens is 3. The summed E-state index contributed by atoms with van der Waals surface area (Å²) in [4.78, 5) is 14.1. The molecule has 0 saturated carbocycles. The van der Waals surface area contributed by atoms with Gasteiger partial charge in [0.1, 0.15) is 12.0 Å². The highest BCUT2D eigenvalue weighted by molar-refractivity contribution is 9.10. The predicted molar refractivity (Wildman–Crippen MR) is 69.2 cm³/mol. The highest BCUT2D eigenvalue weighted by Crippen LogP contribution is 2.24. The first-order chi connectivity index (χ1) is 8.58. The average molecular weight is 312 g/mol. The summed E-state index contributed by atoms with van der Waals surface area (Å²) in [6, 6.07) is 1.41. The van der Waals surface area contributed by atoms with Crippen LogP contribution in [0.25, 0.3) is 0 Å². The zero-order chi connectivity index (χ0) is 13.1. The topological polar surface area (TPSA) is 96.7 Å². The lowest BCUT2D eigenvalue weighted by atomic mass is 10.2. The van der Waals surface area contributed by atoms with Crippen molar-refractivity contribution in [3.63, 3.8) is 0 Å². The molecule has 0 amide bonds. The Morgan fingerprint density at radius 1 is 1.56 bits per heavy atom. The Morgan fingerprint density at radius 3 is 2.89 bits per heavy atom. The van der Waals surface area contributed by atoms with E-state index in [1.165, 1.54) is 12.3 Å². The van der Waals surface area contributed by atoms with Gasteiger partial charge in [-0.05, 0) is 22.9 Å². The SMILES string of the molecule is Cc1[nH]ncc1CNc1ncc([N+](=O)[O-])cc1Br. The smallest absolute Gasteiger partial charge is 0.288 e. The molecule has 2 rings (SSSR count). The molecule has 7 nitrogen and oxygen atoms in total. The number of pyridine rings is 1. The van der Waals surface area contributed by atoms with Crippen LogP contribution in [0.2, 0.25) is 0 Å². The van der Waals surface area contributed by atoms with Gasteiger partial charge < -0.3 is 5.32 Å². The van der Waals surface area contributed by atoms with Crippen molar-refractivity contribution in [2.75, 3.05) is 5.32 Å². The van der Waals surface area contributed by atoms with E-state index in [0.29, 0.717) is 16.8 Å². The van der Waals surface area contributed by atoms with Crippen LogP contribution >= 0.6 is 15.9 Å². The Hall–Kier alpha value is -1.96. The van der Waals surface area contributed by atoms with E-state index in [-0.39, 0.29) is 5.69 Å². The van der Waals surface area contributed by atoms with E-state index in [2.05, 4.69) is 36.4 Å². The number of rotatable bonds is 4. The monoisotopic (exact) mass is 311 g/mol. The Morgan fingerprint density at radius 2 is 2.33 bits per heavy atom. The second kappa shape index (κ2) is 5.13. The van der Waals surface area contributed by atoms with Gasteiger partial charge in [0.15, 0.2) is 0 Å². The predicted octanol–water partition coefficient (Wildman–Crippen LogP) is 2.40. The van der Waals surface area contributed by atoms with Crippen molar-refractivity contribution in [3.8, 4) is 0 Å². The molecule has 2 heterocycles. The summed E-state index contributed by atoms with van der Waals surface area (Å²) < 4.78 is 0.554. The molecule has 8 heteroatoms. The summed E-state index contributed by atoms with van der Waals surface area (Å²) in [7, 11) is 0. The molecule has 0 aliphatic heterocycles. The molecule has 0 bridgehead atoms. The minimum Gasteiger partial charge on any atom is -0.365 e. The van der Waals surface area contributed by atoms with Crippen LogP contribution in [0.1, 0.15) is 11.3 Å². The van der Waals surface area contributed by atoms with E-state index in [1.807, 2.05) is 6.92 Å². The highest BCUT2D eigenvalue weighted by Gasteiger charge is 2.10. The Kier molecular flexibility index (Phi) is 3.56. The van der Waals surface area contributed by atoms with Crippen LogP contribution in [0.15, 0.2) is 22.9 Å². The van der Waals surface area contributed by atoms with Crippen LogP contribution in [0.5, 0.6) is 0 Å². The maximum absolute atomic E-state index is 10.6. The summed E-state index contributed by atoms with van der Waals surface area (Å²) in [5.74, 6) is 0.557. The van der Waals surface area contributed by atoms with Gasteiger partial charge in [-0.2, -0.15) is 5.10 Å². The van der Waals surface area contributed by atoms with E-state index in [4.69, 9.17) is 0 Å². The van der Waals surface area contributed by atoms with Gasteiger partial charge in [-0.25, -0.2) is 4.98 Å². The standard InChI is InChI=1S/C10H10BrN5O2/c1-6-7(4-14-15-6)3-12-10-9(11)2-8(5-13-10)16(17)18/h2,4-5H,3H2,1H3,(H,12,13)(H,14,15). The molecule has 0 aromatic carbocycles. The summed E-state index contributed by atoms with van der Waals surface area (Å²) in [5.41, 5.74) is 1.94. The Balaban J connectivity index is 2.11. The van der Waals surface area contributed by atoms with Gasteiger partial charge >= 0.3 is 0 Å². The molecule has 94 valence electrons. The van der Waals surface area contributed by atoms with E-state index in [9.17, 15) is 10.1 Å². The zero-order valence-electron chi connectivity index (χ0n) is 9.48. The molecule has 0 fully saturated rings. The molecule has 2 aromatic heterocycles. The molecule has 0 aliphatic rings. The number of hydrogen-bond acceptors (Lipinski definition) is 5. The van der Waals surface area contributed by atoms with Crippen LogP contribution in [-0.4, -0.2) is 20.1 Å². The molecule has 2 aromatic rings. The molecule has 0 aliphatic carbocycles. The van der Waals surface area contributed by atoms with Crippen LogP contribution in [-0.2, 0) is 6.54 Å². The number of nitrogens with one attached hydrogen (secondary N) is 2. The van der Waals surface area contributed by atoms with Gasteiger partial charge in [0.2, 0.25) is 0 Å². The molecule has 0 unspecified atom stereocenters. The molecular weight excluding hydrogens is 302 g/mol. The lowest BCUT2D eigenvalue weighted by Crippen LogP contribution is -2.03. The summed E-state index contributed by atoms with van der Waals surface area (Å²) in [5, 5.41) is 20.4. The number of nitrogens with zero attached hydrogens (tertiary/aromatic N) is 3. The number of H-pyrrole nitrogens is 1. The van der Waals surface area contributed by atoms with Gasteiger partial charge in [0, 0.05) is 23.9 Å². The summed E-state index contributed by atoms with van der Waals surface area (Å²) in [6.45, 7) is 2.47. The number of nitro groups is 1. The van der Waals surface area contributed by atoms with Crippen molar-refractivity contribution < 1.29 is 4.92 Å². The molecule has 0 spiro atoms. The first-order valence-electron chi connectivity index (χ1n) is 5.10. The third kappa shape index (κ3) is 2.65. The van der Waals surface area contributed by atoms with Crippen LogP contribution in [0.3, 0.4) is 0 Å². The highest BCUT2D eigenvalue weighted by atomic mass is 79.9. The fraction of sp³-hybridized carbons (Fsp3) is 0.200. The normalized spacial score (nSPS) is 10.3. The van der Waals surface area contributed by atoms with E-state index in [1.54, 1.807) is 6.20 Å². The quantitative estimate of drug-likeness (QED) is 0.667. The minimum absolute atomic E-state index is 0.0492. The third-order valence-electron chi connectivity index (χ3n) is 2.42. The maximum Gasteiger partial charge on any atom is 0.288 e. The fourth-order valence-electron chi connectivity index (χ4n) is 1.39. The Bertz CT molecular complexity index is 583. The molecular formula is C10H10BrN5O2. The first-order valence-corrected chi connectivity index (χ1v) is 5.90. The average Bonchev–Trinajstić information content (AvgIpc) is 2.73. The first kappa shape index (κ1) is 12.5. The lowest BCUT2D eigenvalue weighted by molar-refractivity contribution is -0.385. The largest absolute Gasteiger partial charge is 0.365 e. The fourth-order valence-corrected chi connectivity index (χ4v) is 1.87. The van der Waals surface area contributed by atoms with Crippen molar-refractivity contribution in [1.82, 2.24) is 15.2 Å². The van der Waals surface area contributed by atoms with Crippen molar-refractivity contribution in [2.24, 2.45) is 0 Å². The van der Waals surface area contributed by atoms with Gasteiger partial charge in [0.25, 0.3) is 5.69 Å². The number of aromatic amines is 1. The zero-order valence-corrected chi connectivity index (χ0v) is 11.1. The summed E-state index contributed by atoms with van der Waals surface area (Å²) >= 11 is 3.25. The van der Waals surface area contributed by atoms with Crippen molar-refractivity contribution >= 4 is 27.4 Å².